The van der Waals surface area contributed by atoms with E-state index in [0.717, 1.165) is 12.2 Å². The lowest BCUT2D eigenvalue weighted by Crippen LogP contribution is -1.89. The van der Waals surface area contributed by atoms with Crippen molar-refractivity contribution in [3.8, 4) is 0 Å². The van der Waals surface area contributed by atoms with E-state index in [1.165, 1.54) is 5.56 Å². The lowest BCUT2D eigenvalue weighted by atomic mass is 10.2. The Bertz CT molecular complexity index is 275. The van der Waals surface area contributed by atoms with Crippen LogP contribution in [0.5, 0.6) is 0 Å². The molecule has 1 aromatic rings. The Kier molecular flexibility index (Phi) is 28.1. The lowest BCUT2D eigenvalue weighted by Gasteiger charge is -1.82. The molecule has 88 valence electrons. The molecule has 0 aliphatic heterocycles. The van der Waals surface area contributed by atoms with Gasteiger partial charge >= 0.3 is 0 Å². The predicted molar refractivity (Wildman–Crippen MR) is 63.0 cm³/mol. The Balaban J connectivity index is -0.000000161. The molecule has 0 bridgehead atoms. The first-order valence-electron chi connectivity index (χ1n) is 4.32. The summed E-state index contributed by atoms with van der Waals surface area (Å²) in [5, 5.41) is 13.6. The number of nitrogens with one attached hydrogen (secondary N) is 3. The van der Waals surface area contributed by atoms with Gasteiger partial charge in [0, 0.05) is 0 Å². The molecular formula is C11H17N3O2. The highest BCUT2D eigenvalue weighted by atomic mass is 16.1. The molecule has 16 heavy (non-hydrogen) atoms. The molecule has 0 aromatic heterocycles. The molecule has 0 atom stereocenters. The van der Waals surface area contributed by atoms with E-state index in [1.807, 2.05) is 32.3 Å². The zero-order chi connectivity index (χ0) is 13.2. The van der Waals surface area contributed by atoms with Crippen LogP contribution in [0.4, 0.5) is 0 Å². The van der Waals surface area contributed by atoms with Gasteiger partial charge in [0.1, 0.15) is 0 Å². The fourth-order valence-electron chi connectivity index (χ4n) is 0.534. The van der Waals surface area contributed by atoms with Crippen LogP contribution in [0.25, 0.3) is 0 Å². The summed E-state index contributed by atoms with van der Waals surface area (Å²) in [6.07, 6.45) is 1.50. The van der Waals surface area contributed by atoms with Crippen molar-refractivity contribution in [2.45, 2.75) is 6.92 Å². The second-order valence-electron chi connectivity index (χ2n) is 2.36. The molecule has 1 rings (SSSR count). The number of hydrogen-bond acceptors (Lipinski definition) is 5. The molecule has 0 fully saturated rings. The summed E-state index contributed by atoms with van der Waals surface area (Å²) in [5.41, 5.74) is 1.32. The third kappa shape index (κ3) is 40.5. The molecule has 0 amide bonds. The molecule has 5 heteroatoms. The Morgan fingerprint density at radius 1 is 1.00 bits per heavy atom. The SMILES string of the molecule is CNC.Cc1ccccc1.N=C=O.N=C=O. The van der Waals surface area contributed by atoms with E-state index in [4.69, 9.17) is 20.4 Å². The summed E-state index contributed by atoms with van der Waals surface area (Å²) in [6, 6.07) is 10.3. The lowest BCUT2D eigenvalue weighted by molar-refractivity contribution is 0.562. The maximum absolute atomic E-state index is 8.35. The van der Waals surface area contributed by atoms with E-state index in [0.29, 0.717) is 0 Å². The van der Waals surface area contributed by atoms with Crippen molar-refractivity contribution in [3.05, 3.63) is 35.9 Å². The molecule has 0 aliphatic rings. The van der Waals surface area contributed by atoms with Crippen LogP contribution in [-0.2, 0) is 9.59 Å². The normalized spacial score (nSPS) is 5.94. The van der Waals surface area contributed by atoms with E-state index < -0.39 is 0 Å². The van der Waals surface area contributed by atoms with Crippen LogP contribution in [-0.4, -0.2) is 26.3 Å². The van der Waals surface area contributed by atoms with Gasteiger partial charge in [0.25, 0.3) is 0 Å². The maximum Gasteiger partial charge on any atom is 0.231 e. The fourth-order valence-corrected chi connectivity index (χ4v) is 0.534. The van der Waals surface area contributed by atoms with Gasteiger partial charge in [-0.2, -0.15) is 0 Å². The standard InChI is InChI=1S/C7H8.C2H7N.2CHNO/c1-7-5-3-2-4-6-7;1-3-2;2*2-1-3/h2-6H,1H3;3H,1-2H3;2*2H. The summed E-state index contributed by atoms with van der Waals surface area (Å²) >= 11 is 0. The van der Waals surface area contributed by atoms with Gasteiger partial charge in [-0.3, -0.25) is 0 Å². The van der Waals surface area contributed by atoms with Crippen molar-refractivity contribution >= 4 is 12.2 Å². The van der Waals surface area contributed by atoms with Crippen molar-refractivity contribution in [1.29, 1.82) is 10.8 Å². The van der Waals surface area contributed by atoms with Gasteiger partial charge in [0.2, 0.25) is 12.2 Å². The fraction of sp³-hybridized carbons (Fsp3) is 0.273. The number of benzene rings is 1. The Hall–Kier alpha value is -2.06. The van der Waals surface area contributed by atoms with Crippen LogP contribution in [0.15, 0.2) is 30.3 Å². The molecule has 0 heterocycles. The van der Waals surface area contributed by atoms with Crippen LogP contribution >= 0.6 is 0 Å². The molecule has 0 unspecified atom stereocenters. The first kappa shape index (κ1) is 19.5. The average molecular weight is 223 g/mol. The van der Waals surface area contributed by atoms with E-state index in [-0.39, 0.29) is 0 Å². The van der Waals surface area contributed by atoms with Crippen molar-refractivity contribution < 1.29 is 9.59 Å². The third-order valence-corrected chi connectivity index (χ3v) is 0.940. The molecule has 5 nitrogen and oxygen atoms in total. The summed E-state index contributed by atoms with van der Waals surface area (Å²) < 4.78 is 0. The average Bonchev–Trinajstić information content (AvgIpc) is 2.22. The van der Waals surface area contributed by atoms with Crippen molar-refractivity contribution in [2.75, 3.05) is 14.1 Å². The zero-order valence-corrected chi connectivity index (χ0v) is 9.70. The van der Waals surface area contributed by atoms with E-state index >= 15 is 0 Å². The quantitative estimate of drug-likeness (QED) is 0.461. The van der Waals surface area contributed by atoms with Crippen molar-refractivity contribution in [1.82, 2.24) is 5.32 Å². The highest BCUT2D eigenvalue weighted by Gasteiger charge is 1.72. The molecule has 0 aliphatic carbocycles. The predicted octanol–water partition coefficient (Wildman–Crippen LogP) is 1.63. The molecule has 1 aromatic carbocycles. The summed E-state index contributed by atoms with van der Waals surface area (Å²) in [5.74, 6) is 0. The van der Waals surface area contributed by atoms with E-state index in [9.17, 15) is 0 Å². The first-order valence-corrected chi connectivity index (χ1v) is 4.32. The second kappa shape index (κ2) is 23.1. The van der Waals surface area contributed by atoms with Crippen LogP contribution in [0.1, 0.15) is 5.56 Å². The van der Waals surface area contributed by atoms with Gasteiger partial charge in [-0.05, 0) is 21.0 Å². The largest absolute Gasteiger partial charge is 0.323 e. The summed E-state index contributed by atoms with van der Waals surface area (Å²) in [4.78, 5) is 16.7. The Labute approximate surface area is 95.5 Å². The number of isocyanates is 2. The van der Waals surface area contributed by atoms with Gasteiger partial charge in [0.05, 0.1) is 0 Å². The molecule has 0 saturated heterocycles. The van der Waals surface area contributed by atoms with Gasteiger partial charge in [-0.15, -0.1) is 0 Å². The van der Waals surface area contributed by atoms with Crippen LogP contribution in [0.2, 0.25) is 0 Å². The number of aryl methyl sites for hydroxylation is 1. The second-order valence-corrected chi connectivity index (χ2v) is 2.36. The smallest absolute Gasteiger partial charge is 0.231 e. The van der Waals surface area contributed by atoms with Crippen LogP contribution in [0.3, 0.4) is 0 Å². The van der Waals surface area contributed by atoms with Crippen molar-refractivity contribution in [2.24, 2.45) is 0 Å². The Morgan fingerprint density at radius 2 is 1.25 bits per heavy atom. The third-order valence-electron chi connectivity index (χ3n) is 0.940. The van der Waals surface area contributed by atoms with E-state index in [2.05, 4.69) is 24.4 Å². The number of carbonyl (C=O) groups excluding carboxylic acids is 2. The molecule has 0 spiro atoms. The topological polar surface area (TPSA) is 93.9 Å². The number of hydrogen-bond donors (Lipinski definition) is 3. The van der Waals surface area contributed by atoms with E-state index in [1.54, 1.807) is 0 Å². The number of rotatable bonds is 0. The minimum absolute atomic E-state index is 0.750. The van der Waals surface area contributed by atoms with Gasteiger partial charge in [-0.25, -0.2) is 20.4 Å². The van der Waals surface area contributed by atoms with Gasteiger partial charge in [-0.1, -0.05) is 35.9 Å². The van der Waals surface area contributed by atoms with Gasteiger partial charge in [0.15, 0.2) is 0 Å². The molecular weight excluding hydrogens is 206 g/mol. The zero-order valence-electron chi connectivity index (χ0n) is 9.70. The highest BCUT2D eigenvalue weighted by Crippen LogP contribution is 1.92. The highest BCUT2D eigenvalue weighted by molar-refractivity contribution is 5.26. The van der Waals surface area contributed by atoms with Crippen LogP contribution in [0, 0.1) is 17.7 Å². The Morgan fingerprint density at radius 3 is 1.38 bits per heavy atom. The summed E-state index contributed by atoms with van der Waals surface area (Å²) in [6.45, 7) is 2.08. The minimum Gasteiger partial charge on any atom is -0.323 e. The first-order chi connectivity index (χ1) is 7.64. The van der Waals surface area contributed by atoms with Crippen LogP contribution < -0.4 is 5.32 Å². The molecule has 0 radical (unpaired) electrons. The monoisotopic (exact) mass is 223 g/mol. The van der Waals surface area contributed by atoms with Crippen molar-refractivity contribution in [3.63, 3.8) is 0 Å². The molecule has 0 saturated carbocycles. The minimum atomic E-state index is 0.750. The summed E-state index contributed by atoms with van der Waals surface area (Å²) in [7, 11) is 3.75. The van der Waals surface area contributed by atoms with Gasteiger partial charge < -0.3 is 5.32 Å². The maximum atomic E-state index is 8.35. The molecule has 3 N–H and O–H groups in total.